The lowest BCUT2D eigenvalue weighted by Gasteiger charge is -2.36. The SMILES string of the molecule is Cc1nn(C)c(C)c1C(C)C(=O)NCC(N1CCNCC1)C(F)(F)F.Cl.Cl. The third-order valence-corrected chi connectivity index (χ3v) is 4.83. The van der Waals surface area contributed by atoms with Crippen molar-refractivity contribution in [1.29, 1.82) is 0 Å². The zero-order chi connectivity index (χ0) is 18.8. The Hall–Kier alpha value is -1.03. The lowest BCUT2D eigenvalue weighted by Crippen LogP contribution is -2.57. The maximum absolute atomic E-state index is 13.4. The minimum absolute atomic E-state index is 0. The zero-order valence-electron chi connectivity index (χ0n) is 15.9. The van der Waals surface area contributed by atoms with E-state index in [1.807, 2.05) is 6.92 Å². The molecule has 158 valence electrons. The second-order valence-corrected chi connectivity index (χ2v) is 6.52. The summed E-state index contributed by atoms with van der Waals surface area (Å²) in [5.41, 5.74) is 2.33. The van der Waals surface area contributed by atoms with E-state index in [2.05, 4.69) is 15.7 Å². The quantitative estimate of drug-likeness (QED) is 0.744. The van der Waals surface area contributed by atoms with Crippen LogP contribution >= 0.6 is 24.8 Å². The molecule has 1 aliphatic rings. The summed E-state index contributed by atoms with van der Waals surface area (Å²) in [6.45, 7) is 6.57. The van der Waals surface area contributed by atoms with Gasteiger partial charge in [-0.15, -0.1) is 24.8 Å². The Labute approximate surface area is 170 Å². The van der Waals surface area contributed by atoms with E-state index in [1.165, 1.54) is 4.90 Å². The van der Waals surface area contributed by atoms with Crippen molar-refractivity contribution in [1.82, 2.24) is 25.3 Å². The summed E-state index contributed by atoms with van der Waals surface area (Å²) in [5.74, 6) is -0.964. The normalized spacial score (nSPS) is 17.4. The number of nitrogens with zero attached hydrogens (tertiary/aromatic N) is 3. The van der Waals surface area contributed by atoms with E-state index in [0.717, 1.165) is 17.0 Å². The van der Waals surface area contributed by atoms with Crippen molar-refractivity contribution >= 4 is 30.7 Å². The van der Waals surface area contributed by atoms with Gasteiger partial charge in [-0.05, 0) is 20.8 Å². The highest BCUT2D eigenvalue weighted by Crippen LogP contribution is 2.26. The van der Waals surface area contributed by atoms with E-state index >= 15 is 0 Å². The molecule has 1 saturated heterocycles. The first-order chi connectivity index (χ1) is 11.6. The van der Waals surface area contributed by atoms with Gasteiger partial charge in [0.2, 0.25) is 5.91 Å². The van der Waals surface area contributed by atoms with Crippen molar-refractivity contribution in [2.75, 3.05) is 32.7 Å². The summed E-state index contributed by atoms with van der Waals surface area (Å²) in [4.78, 5) is 13.8. The summed E-state index contributed by atoms with van der Waals surface area (Å²) in [6.07, 6.45) is -4.38. The summed E-state index contributed by atoms with van der Waals surface area (Å²) in [7, 11) is 1.78. The molecule has 6 nitrogen and oxygen atoms in total. The fourth-order valence-electron chi connectivity index (χ4n) is 3.34. The standard InChI is InChI=1S/C16H26F3N5O.2ClH/c1-10(14-11(2)22-23(4)12(14)3)15(25)21-9-13(16(17,18)19)24-7-5-20-6-8-24;;/h10,13,20H,5-9H2,1-4H3,(H,21,25);2*1H. The van der Waals surface area contributed by atoms with E-state index in [4.69, 9.17) is 0 Å². The van der Waals surface area contributed by atoms with Crippen LogP contribution in [-0.2, 0) is 11.8 Å². The van der Waals surface area contributed by atoms with Gasteiger partial charge in [0.1, 0.15) is 6.04 Å². The van der Waals surface area contributed by atoms with Crippen LogP contribution in [0, 0.1) is 13.8 Å². The Morgan fingerprint density at radius 1 is 1.26 bits per heavy atom. The van der Waals surface area contributed by atoms with Gasteiger partial charge in [-0.1, -0.05) is 0 Å². The molecule has 1 amide bonds. The highest BCUT2D eigenvalue weighted by atomic mass is 35.5. The van der Waals surface area contributed by atoms with Crippen molar-refractivity contribution in [2.24, 2.45) is 7.05 Å². The van der Waals surface area contributed by atoms with Crippen molar-refractivity contribution in [3.05, 3.63) is 17.0 Å². The molecule has 2 heterocycles. The molecule has 1 aromatic rings. The van der Waals surface area contributed by atoms with E-state index < -0.39 is 30.6 Å². The molecule has 0 bridgehead atoms. The number of piperazine rings is 1. The van der Waals surface area contributed by atoms with Crippen LogP contribution in [0.2, 0.25) is 0 Å². The fourth-order valence-corrected chi connectivity index (χ4v) is 3.34. The Morgan fingerprint density at radius 2 is 1.81 bits per heavy atom. The average molecular weight is 434 g/mol. The fraction of sp³-hybridized carbons (Fsp3) is 0.750. The minimum Gasteiger partial charge on any atom is -0.354 e. The average Bonchev–Trinajstić information content (AvgIpc) is 2.79. The topological polar surface area (TPSA) is 62.2 Å². The van der Waals surface area contributed by atoms with Crippen LogP contribution in [0.3, 0.4) is 0 Å². The second kappa shape index (κ2) is 10.5. The molecule has 0 spiro atoms. The van der Waals surface area contributed by atoms with Crippen molar-refractivity contribution in [3.63, 3.8) is 0 Å². The lowest BCUT2D eigenvalue weighted by atomic mass is 9.98. The van der Waals surface area contributed by atoms with Crippen molar-refractivity contribution in [2.45, 2.75) is 38.9 Å². The Balaban J connectivity index is 0.00000338. The van der Waals surface area contributed by atoms with Gasteiger partial charge in [-0.2, -0.15) is 18.3 Å². The summed E-state index contributed by atoms with van der Waals surface area (Å²) >= 11 is 0. The van der Waals surface area contributed by atoms with Crippen LogP contribution in [0.15, 0.2) is 0 Å². The van der Waals surface area contributed by atoms with Crippen LogP contribution < -0.4 is 10.6 Å². The molecular formula is C16H28Cl2F3N5O. The van der Waals surface area contributed by atoms with Crippen molar-refractivity contribution in [3.8, 4) is 0 Å². The van der Waals surface area contributed by atoms with E-state index in [9.17, 15) is 18.0 Å². The number of aromatic nitrogens is 2. The van der Waals surface area contributed by atoms with Gasteiger partial charge in [-0.3, -0.25) is 14.4 Å². The van der Waals surface area contributed by atoms with Gasteiger partial charge in [0, 0.05) is 51.0 Å². The van der Waals surface area contributed by atoms with E-state index in [1.54, 1.807) is 25.6 Å². The van der Waals surface area contributed by atoms with Gasteiger partial charge in [-0.25, -0.2) is 0 Å². The first-order valence-corrected chi connectivity index (χ1v) is 8.42. The smallest absolute Gasteiger partial charge is 0.354 e. The lowest BCUT2D eigenvalue weighted by molar-refractivity contribution is -0.184. The molecule has 0 saturated carbocycles. The maximum atomic E-state index is 13.4. The second-order valence-electron chi connectivity index (χ2n) is 6.52. The Bertz CT molecular complexity index is 618. The van der Waals surface area contributed by atoms with Gasteiger partial charge in [0.05, 0.1) is 11.6 Å². The van der Waals surface area contributed by atoms with Crippen LogP contribution in [0.4, 0.5) is 13.2 Å². The maximum Gasteiger partial charge on any atom is 0.405 e. The van der Waals surface area contributed by atoms with Gasteiger partial charge in [0.25, 0.3) is 0 Å². The molecule has 2 N–H and O–H groups in total. The Morgan fingerprint density at radius 3 is 2.26 bits per heavy atom. The predicted octanol–water partition coefficient (Wildman–Crippen LogP) is 1.94. The van der Waals surface area contributed by atoms with Crippen LogP contribution in [0.1, 0.15) is 29.8 Å². The zero-order valence-corrected chi connectivity index (χ0v) is 17.5. The molecular weight excluding hydrogens is 406 g/mol. The third kappa shape index (κ3) is 6.23. The van der Waals surface area contributed by atoms with Crippen LogP contribution in [0.5, 0.6) is 0 Å². The molecule has 2 rings (SSSR count). The number of alkyl halides is 3. The third-order valence-electron chi connectivity index (χ3n) is 4.83. The molecule has 27 heavy (non-hydrogen) atoms. The molecule has 11 heteroatoms. The monoisotopic (exact) mass is 433 g/mol. The molecule has 0 aliphatic carbocycles. The highest BCUT2D eigenvalue weighted by molar-refractivity contribution is 5.85. The number of rotatable bonds is 5. The number of aryl methyl sites for hydroxylation is 2. The first kappa shape index (κ1) is 26.0. The number of halogens is 5. The van der Waals surface area contributed by atoms with Crippen molar-refractivity contribution < 1.29 is 18.0 Å². The van der Waals surface area contributed by atoms with Gasteiger partial charge in [0.15, 0.2) is 0 Å². The van der Waals surface area contributed by atoms with Crippen LogP contribution in [-0.4, -0.2) is 65.5 Å². The highest BCUT2D eigenvalue weighted by Gasteiger charge is 2.44. The van der Waals surface area contributed by atoms with E-state index in [-0.39, 0.29) is 24.8 Å². The molecule has 2 unspecified atom stereocenters. The first-order valence-electron chi connectivity index (χ1n) is 8.42. The number of hydrogen-bond donors (Lipinski definition) is 2. The predicted molar refractivity (Wildman–Crippen MR) is 103 cm³/mol. The molecule has 0 aromatic carbocycles. The number of amides is 1. The number of nitrogens with one attached hydrogen (secondary N) is 2. The van der Waals surface area contributed by atoms with Gasteiger partial charge >= 0.3 is 6.18 Å². The molecule has 1 aliphatic heterocycles. The summed E-state index contributed by atoms with van der Waals surface area (Å²) in [6, 6.07) is -1.66. The minimum atomic E-state index is -4.38. The van der Waals surface area contributed by atoms with Gasteiger partial charge < -0.3 is 10.6 Å². The van der Waals surface area contributed by atoms with E-state index in [0.29, 0.717) is 26.2 Å². The Kier molecular flexibility index (Phi) is 10.1. The summed E-state index contributed by atoms with van der Waals surface area (Å²) in [5, 5.41) is 9.79. The molecule has 2 atom stereocenters. The molecule has 1 fully saturated rings. The molecule has 0 radical (unpaired) electrons. The van der Waals surface area contributed by atoms with Crippen LogP contribution in [0.25, 0.3) is 0 Å². The number of carbonyl (C=O) groups is 1. The summed E-state index contributed by atoms with van der Waals surface area (Å²) < 4.78 is 41.8. The number of hydrogen-bond acceptors (Lipinski definition) is 4. The largest absolute Gasteiger partial charge is 0.405 e. The molecule has 1 aromatic heterocycles. The number of carbonyl (C=O) groups excluding carboxylic acids is 1.